The molecule has 0 saturated carbocycles. The Balaban J connectivity index is 1.81. The molecule has 0 spiro atoms. The van der Waals surface area contributed by atoms with Crippen LogP contribution >= 0.6 is 11.3 Å². The summed E-state index contributed by atoms with van der Waals surface area (Å²) in [7, 11) is 1.61. The number of thiophene rings is 1. The SMILES string of the molecule is COc1ccc(OCCCC(=O)Nc2sc(C)c(C)c2C(N)=O)cc1. The Labute approximate surface area is 150 Å². The number of methoxy groups -OCH3 is 1. The first-order chi connectivity index (χ1) is 11.9. The predicted molar refractivity (Wildman–Crippen MR) is 98.7 cm³/mol. The fraction of sp³-hybridized carbons (Fsp3) is 0.333. The predicted octanol–water partition coefficient (Wildman–Crippen LogP) is 3.27. The van der Waals surface area contributed by atoms with Crippen molar-refractivity contribution >= 4 is 28.2 Å². The van der Waals surface area contributed by atoms with Crippen molar-refractivity contribution in [1.82, 2.24) is 0 Å². The van der Waals surface area contributed by atoms with Crippen LogP contribution in [0.5, 0.6) is 11.5 Å². The summed E-state index contributed by atoms with van der Waals surface area (Å²) in [6.07, 6.45) is 0.859. The third kappa shape index (κ3) is 4.96. The summed E-state index contributed by atoms with van der Waals surface area (Å²) in [5.41, 5.74) is 6.61. The minimum Gasteiger partial charge on any atom is -0.497 e. The van der Waals surface area contributed by atoms with Crippen LogP contribution in [0.2, 0.25) is 0 Å². The number of anilines is 1. The summed E-state index contributed by atoms with van der Waals surface area (Å²) in [4.78, 5) is 24.6. The monoisotopic (exact) mass is 362 g/mol. The van der Waals surface area contributed by atoms with Crippen LogP contribution < -0.4 is 20.5 Å². The highest BCUT2D eigenvalue weighted by molar-refractivity contribution is 7.16. The first-order valence-corrected chi connectivity index (χ1v) is 8.70. The minimum absolute atomic E-state index is 0.165. The lowest BCUT2D eigenvalue weighted by Crippen LogP contribution is -2.17. The summed E-state index contributed by atoms with van der Waals surface area (Å²) in [6, 6.07) is 7.26. The van der Waals surface area contributed by atoms with E-state index in [1.165, 1.54) is 11.3 Å². The van der Waals surface area contributed by atoms with Gasteiger partial charge in [0.1, 0.15) is 16.5 Å². The first-order valence-electron chi connectivity index (χ1n) is 7.89. The van der Waals surface area contributed by atoms with E-state index >= 15 is 0 Å². The van der Waals surface area contributed by atoms with Crippen molar-refractivity contribution in [1.29, 1.82) is 0 Å². The van der Waals surface area contributed by atoms with E-state index in [9.17, 15) is 9.59 Å². The molecule has 0 atom stereocenters. The number of benzene rings is 1. The van der Waals surface area contributed by atoms with Crippen molar-refractivity contribution < 1.29 is 19.1 Å². The van der Waals surface area contributed by atoms with Gasteiger partial charge in [-0.25, -0.2) is 0 Å². The molecule has 2 amide bonds. The third-order valence-electron chi connectivity index (χ3n) is 3.76. The molecule has 0 bridgehead atoms. The Bertz CT molecular complexity index is 753. The average molecular weight is 362 g/mol. The standard InChI is InChI=1S/C18H22N2O4S/c1-11-12(2)25-18(16(11)17(19)22)20-15(21)5-4-10-24-14-8-6-13(23-3)7-9-14/h6-9H,4-5,10H2,1-3H3,(H2,19,22)(H,20,21). The lowest BCUT2D eigenvalue weighted by molar-refractivity contribution is -0.116. The fourth-order valence-electron chi connectivity index (χ4n) is 2.30. The summed E-state index contributed by atoms with van der Waals surface area (Å²) < 4.78 is 10.7. The largest absolute Gasteiger partial charge is 0.497 e. The van der Waals surface area contributed by atoms with Crippen LogP contribution in [0, 0.1) is 13.8 Å². The van der Waals surface area contributed by atoms with Crippen molar-refractivity contribution in [3.8, 4) is 11.5 Å². The number of hydrogen-bond acceptors (Lipinski definition) is 5. The highest BCUT2D eigenvalue weighted by Gasteiger charge is 2.18. The van der Waals surface area contributed by atoms with Crippen LogP contribution in [0.15, 0.2) is 24.3 Å². The maximum Gasteiger partial charge on any atom is 0.251 e. The average Bonchev–Trinajstić information content (AvgIpc) is 2.86. The number of ether oxygens (including phenoxy) is 2. The van der Waals surface area contributed by atoms with Crippen LogP contribution in [-0.2, 0) is 4.79 Å². The second-order valence-electron chi connectivity index (χ2n) is 5.53. The van der Waals surface area contributed by atoms with E-state index in [0.717, 1.165) is 21.9 Å². The topological polar surface area (TPSA) is 90.7 Å². The van der Waals surface area contributed by atoms with Crippen molar-refractivity contribution in [2.75, 3.05) is 19.0 Å². The van der Waals surface area contributed by atoms with Crippen LogP contribution in [0.4, 0.5) is 5.00 Å². The minimum atomic E-state index is -0.528. The van der Waals surface area contributed by atoms with Gasteiger partial charge in [0.15, 0.2) is 0 Å². The molecule has 0 aliphatic rings. The number of carbonyl (C=O) groups is 2. The molecule has 0 aliphatic carbocycles. The molecule has 25 heavy (non-hydrogen) atoms. The van der Waals surface area contributed by atoms with E-state index in [2.05, 4.69) is 5.32 Å². The highest BCUT2D eigenvalue weighted by atomic mass is 32.1. The number of rotatable bonds is 8. The Morgan fingerprint density at radius 3 is 2.40 bits per heavy atom. The number of carbonyl (C=O) groups excluding carboxylic acids is 2. The number of aryl methyl sites for hydroxylation is 1. The van der Waals surface area contributed by atoms with E-state index in [-0.39, 0.29) is 5.91 Å². The molecular weight excluding hydrogens is 340 g/mol. The molecule has 2 rings (SSSR count). The molecule has 1 aromatic heterocycles. The smallest absolute Gasteiger partial charge is 0.251 e. The van der Waals surface area contributed by atoms with Crippen molar-refractivity contribution in [2.45, 2.75) is 26.7 Å². The van der Waals surface area contributed by atoms with Crippen molar-refractivity contribution in [2.24, 2.45) is 5.73 Å². The van der Waals surface area contributed by atoms with Gasteiger partial charge in [-0.2, -0.15) is 0 Å². The molecule has 0 saturated heterocycles. The molecule has 0 fully saturated rings. The molecule has 6 nitrogen and oxygen atoms in total. The van der Waals surface area contributed by atoms with E-state index in [1.807, 2.05) is 38.1 Å². The van der Waals surface area contributed by atoms with Gasteiger partial charge in [-0.1, -0.05) is 0 Å². The molecule has 2 aromatic rings. The summed E-state index contributed by atoms with van der Waals surface area (Å²) in [6.45, 7) is 4.14. The summed E-state index contributed by atoms with van der Waals surface area (Å²) in [5.74, 6) is 0.794. The maximum absolute atomic E-state index is 12.1. The zero-order chi connectivity index (χ0) is 18.4. The first kappa shape index (κ1) is 18.8. The molecular formula is C18H22N2O4S. The molecule has 3 N–H and O–H groups in total. The highest BCUT2D eigenvalue weighted by Crippen LogP contribution is 2.32. The second kappa shape index (κ2) is 8.53. The van der Waals surface area contributed by atoms with E-state index < -0.39 is 5.91 Å². The number of nitrogens with one attached hydrogen (secondary N) is 1. The molecule has 7 heteroatoms. The van der Waals surface area contributed by atoms with Gasteiger partial charge in [0, 0.05) is 11.3 Å². The lowest BCUT2D eigenvalue weighted by atomic mass is 10.1. The van der Waals surface area contributed by atoms with Crippen LogP contribution in [0.1, 0.15) is 33.6 Å². The molecule has 1 heterocycles. The second-order valence-corrected chi connectivity index (χ2v) is 6.75. The summed E-state index contributed by atoms with van der Waals surface area (Å²) >= 11 is 1.36. The Morgan fingerprint density at radius 2 is 1.80 bits per heavy atom. The molecule has 0 aliphatic heterocycles. The van der Waals surface area contributed by atoms with Gasteiger partial charge in [0.05, 0.1) is 19.3 Å². The van der Waals surface area contributed by atoms with Crippen molar-refractivity contribution in [3.05, 3.63) is 40.3 Å². The van der Waals surface area contributed by atoms with Crippen molar-refractivity contribution in [3.63, 3.8) is 0 Å². The van der Waals surface area contributed by atoms with Gasteiger partial charge < -0.3 is 20.5 Å². The number of primary amides is 1. The van der Waals surface area contributed by atoms with Gasteiger partial charge in [0.25, 0.3) is 5.91 Å². The molecule has 134 valence electrons. The van der Waals surface area contributed by atoms with Gasteiger partial charge in [-0.15, -0.1) is 11.3 Å². The van der Waals surface area contributed by atoms with Crippen LogP contribution in [0.25, 0.3) is 0 Å². The quantitative estimate of drug-likeness (QED) is 0.705. The Kier molecular flexibility index (Phi) is 6.41. The van der Waals surface area contributed by atoms with E-state index in [0.29, 0.717) is 30.0 Å². The molecule has 0 unspecified atom stereocenters. The zero-order valence-electron chi connectivity index (χ0n) is 14.5. The number of hydrogen-bond donors (Lipinski definition) is 2. The normalized spacial score (nSPS) is 10.4. The van der Waals surface area contributed by atoms with Gasteiger partial charge in [-0.3, -0.25) is 9.59 Å². The van der Waals surface area contributed by atoms with Crippen LogP contribution in [0.3, 0.4) is 0 Å². The Hall–Kier alpha value is -2.54. The molecule has 0 radical (unpaired) electrons. The van der Waals surface area contributed by atoms with E-state index in [1.54, 1.807) is 7.11 Å². The Morgan fingerprint density at radius 1 is 1.16 bits per heavy atom. The van der Waals surface area contributed by atoms with Crippen LogP contribution in [-0.4, -0.2) is 25.5 Å². The van der Waals surface area contributed by atoms with Gasteiger partial charge in [0.2, 0.25) is 5.91 Å². The van der Waals surface area contributed by atoms with Gasteiger partial charge >= 0.3 is 0 Å². The lowest BCUT2D eigenvalue weighted by Gasteiger charge is -2.08. The van der Waals surface area contributed by atoms with E-state index in [4.69, 9.17) is 15.2 Å². The summed E-state index contributed by atoms with van der Waals surface area (Å²) in [5, 5.41) is 3.29. The van der Waals surface area contributed by atoms with Gasteiger partial charge in [-0.05, 0) is 50.1 Å². The third-order valence-corrected chi connectivity index (χ3v) is 4.88. The maximum atomic E-state index is 12.1. The molecule has 1 aromatic carbocycles. The number of nitrogens with two attached hydrogens (primary N) is 1. The fourth-order valence-corrected chi connectivity index (χ4v) is 3.38. The number of amides is 2. The zero-order valence-corrected chi connectivity index (χ0v) is 15.4.